The van der Waals surface area contributed by atoms with Crippen molar-refractivity contribution in [2.75, 3.05) is 0 Å². The summed E-state index contributed by atoms with van der Waals surface area (Å²) in [6, 6.07) is 22.6. The van der Waals surface area contributed by atoms with Gasteiger partial charge in [-0.1, -0.05) is 77.5 Å². The fraction of sp³-hybridized carbons (Fsp3) is 0.286. The zero-order valence-electron chi connectivity index (χ0n) is 19.5. The van der Waals surface area contributed by atoms with Gasteiger partial charge in [-0.2, -0.15) is 0 Å². The zero-order valence-corrected chi connectivity index (χ0v) is 21.1. The first kappa shape index (κ1) is 25.6. The van der Waals surface area contributed by atoms with Gasteiger partial charge in [0.2, 0.25) is 11.8 Å². The molecule has 178 valence electrons. The van der Waals surface area contributed by atoms with Crippen LogP contribution in [0.1, 0.15) is 37.0 Å². The first-order chi connectivity index (χ1) is 16.4. The first-order valence-electron chi connectivity index (χ1n) is 11.5. The Morgan fingerprint density at radius 1 is 0.941 bits per heavy atom. The third-order valence-electron chi connectivity index (χ3n) is 5.78. The van der Waals surface area contributed by atoms with E-state index in [4.69, 9.17) is 0 Å². The van der Waals surface area contributed by atoms with Gasteiger partial charge in [0.1, 0.15) is 11.9 Å². The summed E-state index contributed by atoms with van der Waals surface area (Å²) in [5.41, 5.74) is 2.59. The molecule has 0 bridgehead atoms. The van der Waals surface area contributed by atoms with E-state index in [1.165, 1.54) is 12.1 Å². The monoisotopic (exact) mass is 524 g/mol. The minimum Gasteiger partial charge on any atom is -0.352 e. The Hall–Kier alpha value is -2.99. The van der Waals surface area contributed by atoms with Crippen LogP contribution in [-0.4, -0.2) is 28.8 Å². The second-order valence-electron chi connectivity index (χ2n) is 8.48. The van der Waals surface area contributed by atoms with E-state index < -0.39 is 6.04 Å². The van der Waals surface area contributed by atoms with Crippen molar-refractivity contribution >= 4 is 27.7 Å². The molecule has 0 aromatic heterocycles. The highest BCUT2D eigenvalue weighted by atomic mass is 79.9. The molecule has 0 aliphatic carbocycles. The molecule has 4 nitrogen and oxygen atoms in total. The van der Waals surface area contributed by atoms with Crippen molar-refractivity contribution < 1.29 is 14.0 Å². The van der Waals surface area contributed by atoms with Crippen LogP contribution in [0.4, 0.5) is 4.39 Å². The van der Waals surface area contributed by atoms with E-state index in [1.807, 2.05) is 68.4 Å². The summed E-state index contributed by atoms with van der Waals surface area (Å²) in [6.45, 7) is 4.25. The van der Waals surface area contributed by atoms with Crippen LogP contribution in [0.25, 0.3) is 0 Å². The molecule has 3 rings (SSSR count). The van der Waals surface area contributed by atoms with Gasteiger partial charge < -0.3 is 10.2 Å². The molecule has 1 N–H and O–H groups in total. The Labute approximate surface area is 209 Å². The summed E-state index contributed by atoms with van der Waals surface area (Å²) in [7, 11) is 0. The SMILES string of the molecule is CCC(C)NC(=O)C(Cc1ccccc1)N(Cc1cccc(Br)c1)C(=O)Cc1ccc(F)cc1. The largest absolute Gasteiger partial charge is 0.352 e. The number of hydrogen-bond acceptors (Lipinski definition) is 2. The van der Waals surface area contributed by atoms with Crippen molar-refractivity contribution in [3.63, 3.8) is 0 Å². The fourth-order valence-corrected chi connectivity index (χ4v) is 4.15. The minimum absolute atomic E-state index is 0.00862. The lowest BCUT2D eigenvalue weighted by atomic mass is 10.0. The first-order valence-corrected chi connectivity index (χ1v) is 12.3. The van der Waals surface area contributed by atoms with Gasteiger partial charge in [0.05, 0.1) is 6.42 Å². The molecule has 3 aromatic carbocycles. The van der Waals surface area contributed by atoms with Gasteiger partial charge in [0.25, 0.3) is 0 Å². The standard InChI is InChI=1S/C28H30BrFN2O2/c1-3-20(2)31-28(34)26(17-21-8-5-4-6-9-21)32(19-23-10-7-11-24(29)16-23)27(33)18-22-12-14-25(30)15-13-22/h4-16,20,26H,3,17-19H2,1-2H3,(H,31,34). The van der Waals surface area contributed by atoms with E-state index in [9.17, 15) is 14.0 Å². The second kappa shape index (κ2) is 12.5. The maximum atomic E-state index is 13.6. The van der Waals surface area contributed by atoms with Crippen LogP contribution in [0.2, 0.25) is 0 Å². The summed E-state index contributed by atoms with van der Waals surface area (Å²) >= 11 is 3.49. The highest BCUT2D eigenvalue weighted by Gasteiger charge is 2.31. The van der Waals surface area contributed by atoms with Crippen molar-refractivity contribution in [3.05, 3.63) is 106 Å². The fourth-order valence-electron chi connectivity index (χ4n) is 3.71. The van der Waals surface area contributed by atoms with Crippen molar-refractivity contribution in [1.82, 2.24) is 10.2 Å². The van der Waals surface area contributed by atoms with Crippen LogP contribution in [0.3, 0.4) is 0 Å². The van der Waals surface area contributed by atoms with Crippen molar-refractivity contribution in [3.8, 4) is 0 Å². The number of hydrogen-bond donors (Lipinski definition) is 1. The lowest BCUT2D eigenvalue weighted by Gasteiger charge is -2.32. The molecule has 0 saturated heterocycles. The molecule has 0 aliphatic rings. The van der Waals surface area contributed by atoms with Gasteiger partial charge in [-0.15, -0.1) is 0 Å². The zero-order chi connectivity index (χ0) is 24.5. The summed E-state index contributed by atoms with van der Waals surface area (Å²) < 4.78 is 14.3. The van der Waals surface area contributed by atoms with Gasteiger partial charge in [-0.25, -0.2) is 4.39 Å². The Morgan fingerprint density at radius 2 is 1.62 bits per heavy atom. The third-order valence-corrected chi connectivity index (χ3v) is 6.28. The lowest BCUT2D eigenvalue weighted by Crippen LogP contribution is -2.52. The number of carbonyl (C=O) groups is 2. The van der Waals surface area contributed by atoms with Crippen LogP contribution in [-0.2, 0) is 29.0 Å². The number of rotatable bonds is 10. The predicted octanol–water partition coefficient (Wildman–Crippen LogP) is 5.69. The normalized spacial score (nSPS) is 12.6. The van der Waals surface area contributed by atoms with E-state index in [0.717, 1.165) is 22.0 Å². The maximum Gasteiger partial charge on any atom is 0.243 e. The highest BCUT2D eigenvalue weighted by Crippen LogP contribution is 2.19. The van der Waals surface area contributed by atoms with Gasteiger partial charge in [0, 0.05) is 23.5 Å². The van der Waals surface area contributed by atoms with Crippen LogP contribution in [0.5, 0.6) is 0 Å². The van der Waals surface area contributed by atoms with Gasteiger partial charge in [-0.3, -0.25) is 9.59 Å². The molecule has 0 saturated carbocycles. The molecule has 0 heterocycles. The third kappa shape index (κ3) is 7.52. The Bertz CT molecular complexity index is 1090. The number of benzene rings is 3. The topological polar surface area (TPSA) is 49.4 Å². The molecule has 6 heteroatoms. The maximum absolute atomic E-state index is 13.6. The molecule has 2 unspecified atom stereocenters. The predicted molar refractivity (Wildman–Crippen MR) is 137 cm³/mol. The Balaban J connectivity index is 1.96. The molecule has 0 spiro atoms. The summed E-state index contributed by atoms with van der Waals surface area (Å²) in [4.78, 5) is 28.7. The molecule has 2 atom stereocenters. The van der Waals surface area contributed by atoms with Gasteiger partial charge in [0.15, 0.2) is 0 Å². The number of halogens is 2. The van der Waals surface area contributed by atoms with E-state index in [-0.39, 0.29) is 36.6 Å². The molecule has 2 amide bonds. The molecular formula is C28H30BrFN2O2. The average molecular weight is 525 g/mol. The Morgan fingerprint density at radius 3 is 2.26 bits per heavy atom. The Kier molecular flexibility index (Phi) is 9.40. The number of nitrogens with zero attached hydrogens (tertiary/aromatic N) is 1. The van der Waals surface area contributed by atoms with Gasteiger partial charge in [-0.05, 0) is 54.3 Å². The number of nitrogens with one attached hydrogen (secondary N) is 1. The van der Waals surface area contributed by atoms with Crippen LogP contribution < -0.4 is 5.32 Å². The van der Waals surface area contributed by atoms with Crippen molar-refractivity contribution in [2.45, 2.75) is 51.7 Å². The number of amides is 2. The van der Waals surface area contributed by atoms with Crippen molar-refractivity contribution in [1.29, 1.82) is 0 Å². The average Bonchev–Trinajstić information content (AvgIpc) is 2.83. The molecule has 34 heavy (non-hydrogen) atoms. The second-order valence-corrected chi connectivity index (χ2v) is 9.39. The quantitative estimate of drug-likeness (QED) is 0.370. The van der Waals surface area contributed by atoms with Crippen LogP contribution >= 0.6 is 15.9 Å². The summed E-state index contributed by atoms with van der Waals surface area (Å²) in [5, 5.41) is 3.06. The van der Waals surface area contributed by atoms with Crippen molar-refractivity contribution in [2.24, 2.45) is 0 Å². The molecule has 0 aliphatic heterocycles. The van der Waals surface area contributed by atoms with E-state index >= 15 is 0 Å². The molecule has 0 fully saturated rings. The van der Waals surface area contributed by atoms with E-state index in [2.05, 4.69) is 21.2 Å². The minimum atomic E-state index is -0.691. The highest BCUT2D eigenvalue weighted by molar-refractivity contribution is 9.10. The smallest absolute Gasteiger partial charge is 0.243 e. The van der Waals surface area contributed by atoms with E-state index in [1.54, 1.807) is 17.0 Å². The van der Waals surface area contributed by atoms with Crippen LogP contribution in [0, 0.1) is 5.82 Å². The lowest BCUT2D eigenvalue weighted by molar-refractivity contribution is -0.141. The molecule has 3 aromatic rings. The van der Waals surface area contributed by atoms with Crippen LogP contribution in [0.15, 0.2) is 83.3 Å². The molecular weight excluding hydrogens is 495 g/mol. The molecule has 0 radical (unpaired) electrons. The van der Waals surface area contributed by atoms with Gasteiger partial charge >= 0.3 is 0 Å². The summed E-state index contributed by atoms with van der Waals surface area (Å²) in [5.74, 6) is -0.718. The van der Waals surface area contributed by atoms with E-state index in [0.29, 0.717) is 12.0 Å². The number of carbonyl (C=O) groups excluding carboxylic acids is 2. The summed E-state index contributed by atoms with van der Waals surface area (Å²) in [6.07, 6.45) is 1.27.